The van der Waals surface area contributed by atoms with Crippen LogP contribution in [0.3, 0.4) is 0 Å². The Morgan fingerprint density at radius 1 is 0.880 bits per heavy atom. The van der Waals surface area contributed by atoms with Crippen molar-refractivity contribution in [2.45, 2.75) is 96.4 Å². The molecule has 0 aromatic heterocycles. The first-order valence-electron chi connectivity index (χ1n) is 10.2. The molecule has 0 aliphatic carbocycles. The minimum atomic E-state index is -0.172. The van der Waals surface area contributed by atoms with Gasteiger partial charge in [-0.05, 0) is 58.8 Å². The van der Waals surface area contributed by atoms with Crippen molar-refractivity contribution in [1.29, 1.82) is 0 Å². The van der Waals surface area contributed by atoms with Gasteiger partial charge in [0.1, 0.15) is 6.61 Å². The summed E-state index contributed by atoms with van der Waals surface area (Å²) in [6.45, 7) is 4.81. The molecule has 1 aliphatic rings. The van der Waals surface area contributed by atoms with Crippen molar-refractivity contribution in [2.24, 2.45) is 4.99 Å². The monoisotopic (exact) mass is 351 g/mol. The Labute approximate surface area is 154 Å². The Morgan fingerprint density at radius 3 is 2.08 bits per heavy atom. The molecular formula is C22H38FNO. The molecule has 2 nitrogen and oxygen atoms in total. The minimum absolute atomic E-state index is 0.00774. The van der Waals surface area contributed by atoms with Gasteiger partial charge in [-0.25, -0.2) is 4.99 Å². The summed E-state index contributed by atoms with van der Waals surface area (Å²) >= 11 is 0. The predicted molar refractivity (Wildman–Crippen MR) is 107 cm³/mol. The van der Waals surface area contributed by atoms with Crippen LogP contribution in [0.15, 0.2) is 29.3 Å². The van der Waals surface area contributed by atoms with E-state index >= 15 is 0 Å². The zero-order valence-electron chi connectivity index (χ0n) is 16.4. The predicted octanol–water partition coefficient (Wildman–Crippen LogP) is 6.96. The van der Waals surface area contributed by atoms with Gasteiger partial charge in [0, 0.05) is 6.42 Å². The molecule has 0 amide bonds. The second kappa shape index (κ2) is 14.1. The van der Waals surface area contributed by atoms with E-state index in [2.05, 4.69) is 43.1 Å². The standard InChI is InChI=1S/C22H38FNO/c1-22(2)20-25-21(24-22)18-16-14-12-10-8-6-4-3-5-7-9-11-13-15-17-19-23/h3-4,7,9H,5-6,8,10-20H2,1-2H3/b4-3-,9-7-. The molecule has 0 saturated heterocycles. The van der Waals surface area contributed by atoms with Gasteiger partial charge in [0.25, 0.3) is 0 Å². The lowest BCUT2D eigenvalue weighted by Crippen LogP contribution is -2.17. The lowest BCUT2D eigenvalue weighted by molar-refractivity contribution is 0.273. The largest absolute Gasteiger partial charge is 0.478 e. The minimum Gasteiger partial charge on any atom is -0.478 e. The Hall–Kier alpha value is -1.12. The number of rotatable bonds is 15. The van der Waals surface area contributed by atoms with E-state index in [1.165, 1.54) is 38.5 Å². The number of aliphatic imine (C=N–C) groups is 1. The van der Waals surface area contributed by atoms with E-state index in [1.807, 2.05) is 0 Å². The fraction of sp³-hybridized carbons (Fsp3) is 0.773. The van der Waals surface area contributed by atoms with E-state index < -0.39 is 0 Å². The van der Waals surface area contributed by atoms with Crippen LogP contribution in [0.4, 0.5) is 4.39 Å². The first kappa shape index (κ1) is 21.9. The van der Waals surface area contributed by atoms with Gasteiger partial charge in [-0.2, -0.15) is 0 Å². The topological polar surface area (TPSA) is 21.6 Å². The lowest BCUT2D eigenvalue weighted by atomic mass is 10.1. The van der Waals surface area contributed by atoms with Crippen LogP contribution in [0.1, 0.15) is 90.9 Å². The molecule has 1 heterocycles. The van der Waals surface area contributed by atoms with Gasteiger partial charge in [0.15, 0.2) is 5.90 Å². The van der Waals surface area contributed by atoms with Crippen molar-refractivity contribution in [1.82, 2.24) is 0 Å². The average molecular weight is 352 g/mol. The maximum Gasteiger partial charge on any atom is 0.183 e. The maximum absolute atomic E-state index is 11.9. The summed E-state index contributed by atoms with van der Waals surface area (Å²) in [4.78, 5) is 4.59. The molecule has 0 fully saturated rings. The van der Waals surface area contributed by atoms with Crippen LogP contribution < -0.4 is 0 Å². The Bertz CT molecular complexity index is 412. The molecule has 0 unspecified atom stereocenters. The molecule has 0 N–H and O–H groups in total. The van der Waals surface area contributed by atoms with Crippen molar-refractivity contribution in [3.05, 3.63) is 24.3 Å². The highest BCUT2D eigenvalue weighted by Crippen LogP contribution is 2.19. The maximum atomic E-state index is 11.9. The summed E-state index contributed by atoms with van der Waals surface area (Å²) in [6, 6.07) is 0. The molecule has 0 bridgehead atoms. The van der Waals surface area contributed by atoms with E-state index in [4.69, 9.17) is 4.74 Å². The zero-order chi connectivity index (χ0) is 18.2. The quantitative estimate of drug-likeness (QED) is 0.231. The summed E-state index contributed by atoms with van der Waals surface area (Å²) in [6.07, 6.45) is 22.5. The number of alkyl halides is 1. The number of hydrogen-bond acceptors (Lipinski definition) is 2. The van der Waals surface area contributed by atoms with Gasteiger partial charge in [-0.1, -0.05) is 50.0 Å². The summed E-state index contributed by atoms with van der Waals surface area (Å²) in [5.41, 5.74) is -0.00774. The molecule has 0 saturated carbocycles. The lowest BCUT2D eigenvalue weighted by Gasteiger charge is -2.07. The van der Waals surface area contributed by atoms with Crippen LogP contribution in [0.5, 0.6) is 0 Å². The van der Waals surface area contributed by atoms with Gasteiger partial charge in [-0.15, -0.1) is 0 Å². The number of ether oxygens (including phenoxy) is 1. The van der Waals surface area contributed by atoms with E-state index in [0.717, 1.165) is 44.6 Å². The molecule has 0 spiro atoms. The van der Waals surface area contributed by atoms with Crippen molar-refractivity contribution in [3.63, 3.8) is 0 Å². The SMILES string of the molecule is CC1(C)COC(CCCCCCC/C=C\C/C=C\CCCCCF)=N1. The third kappa shape index (κ3) is 12.8. The molecule has 144 valence electrons. The normalized spacial score (nSPS) is 16.7. The van der Waals surface area contributed by atoms with Crippen molar-refractivity contribution in [2.75, 3.05) is 13.3 Å². The Kier molecular flexibility index (Phi) is 12.4. The van der Waals surface area contributed by atoms with Crippen molar-refractivity contribution in [3.8, 4) is 0 Å². The van der Waals surface area contributed by atoms with Gasteiger partial charge < -0.3 is 4.74 Å². The zero-order valence-corrected chi connectivity index (χ0v) is 16.4. The molecular weight excluding hydrogens is 313 g/mol. The first-order valence-corrected chi connectivity index (χ1v) is 10.2. The van der Waals surface area contributed by atoms with Crippen molar-refractivity contribution < 1.29 is 9.13 Å². The smallest absolute Gasteiger partial charge is 0.183 e. The molecule has 0 radical (unpaired) electrons. The van der Waals surface area contributed by atoms with Crippen LogP contribution in [0, 0.1) is 0 Å². The summed E-state index contributed by atoms with van der Waals surface area (Å²) < 4.78 is 17.5. The van der Waals surface area contributed by atoms with Crippen LogP contribution >= 0.6 is 0 Å². The second-order valence-corrected chi connectivity index (χ2v) is 7.63. The van der Waals surface area contributed by atoms with E-state index in [-0.39, 0.29) is 12.2 Å². The Morgan fingerprint density at radius 2 is 1.48 bits per heavy atom. The van der Waals surface area contributed by atoms with E-state index in [9.17, 15) is 4.39 Å². The third-order valence-corrected chi connectivity index (χ3v) is 4.39. The number of halogens is 1. The van der Waals surface area contributed by atoms with E-state index in [1.54, 1.807) is 0 Å². The van der Waals surface area contributed by atoms with Crippen LogP contribution in [-0.2, 0) is 4.74 Å². The van der Waals surface area contributed by atoms with Crippen LogP contribution in [0.25, 0.3) is 0 Å². The highest BCUT2D eigenvalue weighted by atomic mass is 19.1. The van der Waals surface area contributed by atoms with E-state index in [0.29, 0.717) is 6.42 Å². The van der Waals surface area contributed by atoms with Crippen LogP contribution in [0.2, 0.25) is 0 Å². The fourth-order valence-electron chi connectivity index (χ4n) is 2.90. The first-order chi connectivity index (χ1) is 12.1. The number of unbranched alkanes of at least 4 members (excludes halogenated alkanes) is 8. The highest BCUT2D eigenvalue weighted by Gasteiger charge is 2.25. The number of hydrogen-bond donors (Lipinski definition) is 0. The number of allylic oxidation sites excluding steroid dienone is 4. The molecule has 1 aliphatic heterocycles. The average Bonchev–Trinajstić information content (AvgIpc) is 2.93. The highest BCUT2D eigenvalue weighted by molar-refractivity contribution is 5.78. The summed E-state index contributed by atoms with van der Waals surface area (Å²) in [5, 5.41) is 0. The van der Waals surface area contributed by atoms with Crippen molar-refractivity contribution >= 4 is 5.90 Å². The fourth-order valence-corrected chi connectivity index (χ4v) is 2.90. The van der Waals surface area contributed by atoms with Gasteiger partial charge >= 0.3 is 0 Å². The van der Waals surface area contributed by atoms with Gasteiger partial charge in [0.05, 0.1) is 12.2 Å². The molecule has 0 atom stereocenters. The Balaban J connectivity index is 1.83. The van der Waals surface area contributed by atoms with Crippen LogP contribution in [-0.4, -0.2) is 24.7 Å². The summed E-state index contributed by atoms with van der Waals surface area (Å²) in [7, 11) is 0. The molecule has 3 heteroatoms. The molecule has 25 heavy (non-hydrogen) atoms. The second-order valence-electron chi connectivity index (χ2n) is 7.63. The van der Waals surface area contributed by atoms with Gasteiger partial charge in [0.2, 0.25) is 0 Å². The van der Waals surface area contributed by atoms with Gasteiger partial charge in [-0.3, -0.25) is 4.39 Å². The molecule has 0 aromatic rings. The third-order valence-electron chi connectivity index (χ3n) is 4.39. The molecule has 1 rings (SSSR count). The number of nitrogens with zero attached hydrogens (tertiary/aromatic N) is 1. The molecule has 0 aromatic carbocycles. The summed E-state index contributed by atoms with van der Waals surface area (Å²) in [5.74, 6) is 0.961.